The molecular formula is C20H19N3O3. The molecule has 6 nitrogen and oxygen atoms in total. The van der Waals surface area contributed by atoms with Crippen molar-refractivity contribution in [3.05, 3.63) is 63.7 Å². The molecule has 26 heavy (non-hydrogen) atoms. The van der Waals surface area contributed by atoms with Gasteiger partial charge in [0.25, 0.3) is 11.5 Å². The van der Waals surface area contributed by atoms with Crippen LogP contribution in [0.15, 0.2) is 41.5 Å². The number of piperidine rings is 1. The lowest BCUT2D eigenvalue weighted by Gasteiger charge is -2.21. The minimum atomic E-state index is -0.255. The number of aromatic hydroxyl groups is 1. The Kier molecular flexibility index (Phi) is 2.93. The maximum absolute atomic E-state index is 13.1. The number of nitrogens with zero attached hydrogens (tertiary/aromatic N) is 1. The molecule has 3 aromatic rings. The topological polar surface area (TPSA) is 89.2 Å². The van der Waals surface area contributed by atoms with Crippen LogP contribution < -0.4 is 5.56 Å². The third-order valence-corrected chi connectivity index (χ3v) is 6.03. The van der Waals surface area contributed by atoms with Crippen molar-refractivity contribution in [2.24, 2.45) is 5.92 Å². The first-order valence-electron chi connectivity index (χ1n) is 8.78. The molecular weight excluding hydrogens is 330 g/mol. The largest absolute Gasteiger partial charge is 0.508 e. The lowest BCUT2D eigenvalue weighted by Crippen LogP contribution is -2.33. The van der Waals surface area contributed by atoms with E-state index in [0.29, 0.717) is 41.2 Å². The number of aromatic amines is 2. The predicted molar refractivity (Wildman–Crippen MR) is 97.5 cm³/mol. The van der Waals surface area contributed by atoms with Crippen molar-refractivity contribution in [2.45, 2.75) is 18.8 Å². The summed E-state index contributed by atoms with van der Waals surface area (Å²) in [6.07, 6.45) is 4.27. The van der Waals surface area contributed by atoms with Gasteiger partial charge in [-0.25, -0.2) is 0 Å². The average molecular weight is 349 g/mol. The molecule has 2 atom stereocenters. The minimum absolute atomic E-state index is 0.130. The molecule has 2 aromatic heterocycles. The number of H-pyrrole nitrogens is 2. The molecule has 1 saturated carbocycles. The molecule has 1 saturated heterocycles. The van der Waals surface area contributed by atoms with E-state index in [2.05, 4.69) is 9.97 Å². The van der Waals surface area contributed by atoms with E-state index in [9.17, 15) is 14.7 Å². The van der Waals surface area contributed by atoms with E-state index in [0.717, 1.165) is 17.5 Å². The number of phenols is 1. The van der Waals surface area contributed by atoms with E-state index in [1.54, 1.807) is 18.5 Å². The second kappa shape index (κ2) is 5.00. The maximum Gasteiger partial charge on any atom is 0.258 e. The predicted octanol–water partition coefficient (Wildman–Crippen LogP) is 2.28. The molecule has 2 aliphatic rings. The number of hydrogen-bond acceptors (Lipinski definition) is 3. The van der Waals surface area contributed by atoms with Gasteiger partial charge in [-0.2, -0.15) is 0 Å². The number of nitrogens with one attached hydrogen (secondary N) is 2. The van der Waals surface area contributed by atoms with E-state index >= 15 is 0 Å². The number of carbonyl (C=O) groups is 1. The van der Waals surface area contributed by atoms with Crippen LogP contribution in [0.2, 0.25) is 0 Å². The highest BCUT2D eigenvalue weighted by molar-refractivity contribution is 6.07. The summed E-state index contributed by atoms with van der Waals surface area (Å²) in [5.74, 6) is 0.530. The second-order valence-corrected chi connectivity index (χ2v) is 7.51. The van der Waals surface area contributed by atoms with Crippen molar-refractivity contribution >= 4 is 16.8 Å². The number of pyridine rings is 1. The number of aromatic nitrogens is 2. The average Bonchev–Trinajstić information content (AvgIpc) is 3.00. The highest BCUT2D eigenvalue weighted by atomic mass is 16.3. The molecule has 1 aromatic carbocycles. The number of carbonyl (C=O) groups excluding carboxylic acids is 1. The number of aryl methyl sites for hydroxylation is 1. The van der Waals surface area contributed by atoms with Crippen LogP contribution in [0.25, 0.3) is 10.9 Å². The molecule has 0 radical (unpaired) electrons. The van der Waals surface area contributed by atoms with Crippen LogP contribution in [0, 0.1) is 12.8 Å². The lowest BCUT2D eigenvalue weighted by atomic mass is 9.94. The molecule has 5 rings (SSSR count). The highest BCUT2D eigenvalue weighted by Gasteiger charge is 2.62. The van der Waals surface area contributed by atoms with Gasteiger partial charge in [0.1, 0.15) is 5.75 Å². The van der Waals surface area contributed by atoms with Gasteiger partial charge < -0.3 is 20.0 Å². The third-order valence-electron chi connectivity index (χ3n) is 6.03. The molecule has 132 valence electrons. The van der Waals surface area contributed by atoms with Crippen molar-refractivity contribution in [1.82, 2.24) is 14.9 Å². The zero-order chi connectivity index (χ0) is 18.1. The number of likely N-dealkylation sites (tertiary alicyclic amines) is 1. The van der Waals surface area contributed by atoms with Crippen molar-refractivity contribution < 1.29 is 9.90 Å². The first-order valence-corrected chi connectivity index (χ1v) is 8.78. The smallest absolute Gasteiger partial charge is 0.258 e. The second-order valence-electron chi connectivity index (χ2n) is 7.51. The van der Waals surface area contributed by atoms with E-state index in [-0.39, 0.29) is 16.9 Å². The zero-order valence-corrected chi connectivity index (χ0v) is 14.4. The zero-order valence-electron chi connectivity index (χ0n) is 14.4. The Hall–Kier alpha value is -3.02. The van der Waals surface area contributed by atoms with Crippen LogP contribution >= 0.6 is 0 Å². The van der Waals surface area contributed by atoms with E-state index < -0.39 is 0 Å². The number of rotatable bonds is 2. The SMILES string of the molecule is Cc1c[nH]c(=O)c2c(C(=O)N3CC4CC4(c4ccccc4O)C3)c[nH]c12. The van der Waals surface area contributed by atoms with E-state index in [1.807, 2.05) is 30.0 Å². The minimum Gasteiger partial charge on any atom is -0.508 e. The van der Waals surface area contributed by atoms with Crippen molar-refractivity contribution in [1.29, 1.82) is 0 Å². The fourth-order valence-corrected chi connectivity index (χ4v) is 4.58. The molecule has 3 N–H and O–H groups in total. The Morgan fingerprint density at radius 1 is 1.27 bits per heavy atom. The fraction of sp³-hybridized carbons (Fsp3) is 0.300. The van der Waals surface area contributed by atoms with Gasteiger partial charge in [-0.05, 0) is 30.9 Å². The Morgan fingerprint density at radius 2 is 2.08 bits per heavy atom. The van der Waals surface area contributed by atoms with E-state index in [1.165, 1.54) is 0 Å². The molecule has 1 amide bonds. The lowest BCUT2D eigenvalue weighted by molar-refractivity contribution is 0.0774. The summed E-state index contributed by atoms with van der Waals surface area (Å²) < 4.78 is 0. The third kappa shape index (κ3) is 1.92. The Morgan fingerprint density at radius 3 is 2.88 bits per heavy atom. The monoisotopic (exact) mass is 349 g/mol. The van der Waals surface area contributed by atoms with Gasteiger partial charge in [0.15, 0.2) is 0 Å². The summed E-state index contributed by atoms with van der Waals surface area (Å²) in [6.45, 7) is 3.12. The van der Waals surface area contributed by atoms with E-state index in [4.69, 9.17) is 0 Å². The quantitative estimate of drug-likeness (QED) is 0.663. The number of fused-ring (bicyclic) bond motifs is 2. The summed E-state index contributed by atoms with van der Waals surface area (Å²) in [5.41, 5.74) is 2.54. The van der Waals surface area contributed by atoms with Crippen molar-refractivity contribution in [3.63, 3.8) is 0 Å². The van der Waals surface area contributed by atoms with Crippen LogP contribution in [0.4, 0.5) is 0 Å². The molecule has 6 heteroatoms. The Labute approximate surface area is 149 Å². The number of amides is 1. The molecule has 0 bridgehead atoms. The highest BCUT2D eigenvalue weighted by Crippen LogP contribution is 2.60. The van der Waals surface area contributed by atoms with Gasteiger partial charge in [0.2, 0.25) is 0 Å². The van der Waals surface area contributed by atoms with Gasteiger partial charge in [0, 0.05) is 36.5 Å². The van der Waals surface area contributed by atoms with Gasteiger partial charge in [0.05, 0.1) is 16.5 Å². The maximum atomic E-state index is 13.1. The van der Waals surface area contributed by atoms with Gasteiger partial charge in [-0.15, -0.1) is 0 Å². The van der Waals surface area contributed by atoms with Crippen LogP contribution in [-0.4, -0.2) is 39.0 Å². The van der Waals surface area contributed by atoms with Crippen molar-refractivity contribution in [2.75, 3.05) is 13.1 Å². The summed E-state index contributed by atoms with van der Waals surface area (Å²) in [7, 11) is 0. The molecule has 1 aliphatic heterocycles. The molecule has 0 spiro atoms. The normalized spacial score (nSPS) is 24.0. The Bertz CT molecular complexity index is 1110. The van der Waals surface area contributed by atoms with Gasteiger partial charge >= 0.3 is 0 Å². The van der Waals surface area contributed by atoms with Gasteiger partial charge in [-0.1, -0.05) is 18.2 Å². The first-order chi connectivity index (χ1) is 12.5. The number of phenolic OH excluding ortho intramolecular Hbond substituents is 1. The fourth-order valence-electron chi connectivity index (χ4n) is 4.58. The van der Waals surface area contributed by atoms with Crippen LogP contribution in [0.3, 0.4) is 0 Å². The first kappa shape index (κ1) is 15.3. The van der Waals surface area contributed by atoms with Crippen LogP contribution in [0.1, 0.15) is 27.9 Å². The molecule has 2 unspecified atom stereocenters. The standard InChI is InChI=1S/C20H19N3O3/c1-11-7-22-18(25)16-13(8-21-17(11)16)19(26)23-9-12-6-20(12,10-23)14-4-2-3-5-15(14)24/h2-5,7-8,12,21,24H,6,9-10H2,1H3,(H,22,25). The van der Waals surface area contributed by atoms with Crippen LogP contribution in [0.5, 0.6) is 5.75 Å². The summed E-state index contributed by atoms with van der Waals surface area (Å²) >= 11 is 0. The molecule has 3 heterocycles. The summed E-state index contributed by atoms with van der Waals surface area (Å²) in [6, 6.07) is 7.38. The Balaban J connectivity index is 1.50. The van der Waals surface area contributed by atoms with Crippen LogP contribution in [-0.2, 0) is 5.41 Å². The summed E-state index contributed by atoms with van der Waals surface area (Å²) in [5, 5.41) is 10.6. The molecule has 1 aliphatic carbocycles. The molecule has 2 fully saturated rings. The van der Waals surface area contributed by atoms with Crippen molar-refractivity contribution in [3.8, 4) is 5.75 Å². The number of para-hydroxylation sites is 1. The number of benzene rings is 1. The number of hydrogen-bond donors (Lipinski definition) is 3. The van der Waals surface area contributed by atoms with Gasteiger partial charge in [-0.3, -0.25) is 9.59 Å². The summed E-state index contributed by atoms with van der Waals surface area (Å²) in [4.78, 5) is 32.9.